The second-order valence-electron chi connectivity index (χ2n) is 8.62. The van der Waals surface area contributed by atoms with Crippen molar-refractivity contribution in [2.45, 2.75) is 31.9 Å². The molecule has 1 aromatic heterocycles. The molecule has 2 aromatic carbocycles. The number of H-pyrrole nitrogens is 1. The molecule has 35 heavy (non-hydrogen) atoms. The van der Waals surface area contributed by atoms with Crippen molar-refractivity contribution in [3.05, 3.63) is 51.1 Å². The van der Waals surface area contributed by atoms with Gasteiger partial charge in [-0.1, -0.05) is 0 Å². The summed E-state index contributed by atoms with van der Waals surface area (Å²) in [6.07, 6.45) is 0.702. The second kappa shape index (κ2) is 10.8. The lowest BCUT2D eigenvalue weighted by Gasteiger charge is -2.33. The molecule has 0 saturated carbocycles. The summed E-state index contributed by atoms with van der Waals surface area (Å²) in [5.74, 6) is 0.312. The van der Waals surface area contributed by atoms with Gasteiger partial charge < -0.3 is 29.8 Å². The van der Waals surface area contributed by atoms with Gasteiger partial charge in [-0.25, -0.2) is 9.18 Å². The summed E-state index contributed by atoms with van der Waals surface area (Å²) in [5, 5.41) is 13.3. The molecule has 0 radical (unpaired) electrons. The molecule has 2 heterocycles. The zero-order chi connectivity index (χ0) is 25.1. The number of aliphatic hydroxyl groups excluding tert-OH is 1. The van der Waals surface area contributed by atoms with Crippen LogP contribution >= 0.6 is 15.9 Å². The third kappa shape index (κ3) is 5.85. The maximum absolute atomic E-state index is 13.5. The van der Waals surface area contributed by atoms with Crippen molar-refractivity contribution in [2.24, 2.45) is 0 Å². The third-order valence-electron chi connectivity index (χ3n) is 6.07. The summed E-state index contributed by atoms with van der Waals surface area (Å²) in [6.45, 7) is 3.24. The van der Waals surface area contributed by atoms with Crippen molar-refractivity contribution in [1.29, 1.82) is 0 Å². The highest BCUT2D eigenvalue weighted by atomic mass is 79.9. The van der Waals surface area contributed by atoms with Crippen molar-refractivity contribution in [3.8, 4) is 11.5 Å². The van der Waals surface area contributed by atoms with Crippen LogP contribution in [0.2, 0.25) is 0 Å². The van der Waals surface area contributed by atoms with Crippen LogP contribution in [0.4, 0.5) is 10.1 Å². The molecule has 3 N–H and O–H groups in total. The maximum Gasteiger partial charge on any atom is 0.326 e. The average Bonchev–Trinajstić information content (AvgIpc) is 3.13. The molecule has 0 bridgehead atoms. The minimum absolute atomic E-state index is 0.00166. The number of piperidine rings is 1. The standard InChI is InChI=1S/C24H28BrFN4O5/c1-14(31)27-20-10-18(25)22(34-2)11-23(20)35-13-17(32)12-29-7-5-16(6-8-29)30-21-4-3-15(26)9-19(21)28-24(30)33/h3-4,9-11,16-17,32H,5-8,12-13H2,1-2H3,(H,27,31)(H,28,33)/t17-/m1/s1. The van der Waals surface area contributed by atoms with Crippen LogP contribution in [-0.2, 0) is 4.79 Å². The number of hydrogen-bond donors (Lipinski definition) is 3. The second-order valence-corrected chi connectivity index (χ2v) is 9.48. The van der Waals surface area contributed by atoms with Crippen LogP contribution in [0, 0.1) is 5.82 Å². The highest BCUT2D eigenvalue weighted by Crippen LogP contribution is 2.36. The lowest BCUT2D eigenvalue weighted by atomic mass is 10.0. The number of methoxy groups -OCH3 is 1. The molecule has 0 spiro atoms. The molecule has 1 fully saturated rings. The van der Waals surface area contributed by atoms with Crippen LogP contribution in [0.1, 0.15) is 25.8 Å². The summed E-state index contributed by atoms with van der Waals surface area (Å²) >= 11 is 3.39. The number of likely N-dealkylation sites (tertiary alicyclic amines) is 1. The number of nitrogens with one attached hydrogen (secondary N) is 2. The predicted molar refractivity (Wildman–Crippen MR) is 134 cm³/mol. The van der Waals surface area contributed by atoms with E-state index >= 15 is 0 Å². The summed E-state index contributed by atoms with van der Waals surface area (Å²) in [7, 11) is 1.53. The van der Waals surface area contributed by atoms with Crippen molar-refractivity contribution >= 4 is 38.6 Å². The highest BCUT2D eigenvalue weighted by Gasteiger charge is 2.25. The van der Waals surface area contributed by atoms with E-state index in [0.29, 0.717) is 52.3 Å². The summed E-state index contributed by atoms with van der Waals surface area (Å²) < 4.78 is 27.0. The van der Waals surface area contributed by atoms with Gasteiger partial charge in [-0.15, -0.1) is 0 Å². The number of carbonyl (C=O) groups excluding carboxylic acids is 1. The first-order chi connectivity index (χ1) is 16.7. The molecule has 0 aliphatic carbocycles. The van der Waals surface area contributed by atoms with Crippen LogP contribution in [0.15, 0.2) is 39.6 Å². The molecule has 4 rings (SSSR count). The van der Waals surface area contributed by atoms with Crippen LogP contribution in [0.5, 0.6) is 11.5 Å². The van der Waals surface area contributed by atoms with Crippen LogP contribution < -0.4 is 20.5 Å². The number of aromatic nitrogens is 2. The van der Waals surface area contributed by atoms with Gasteiger partial charge in [0.1, 0.15) is 30.0 Å². The zero-order valence-electron chi connectivity index (χ0n) is 19.5. The molecule has 1 aliphatic rings. The number of aliphatic hydroxyl groups is 1. The number of aromatic amines is 1. The van der Waals surface area contributed by atoms with E-state index in [-0.39, 0.29) is 30.1 Å². The number of carbonyl (C=O) groups is 1. The number of halogens is 2. The number of anilines is 1. The Labute approximate surface area is 210 Å². The number of amides is 1. The highest BCUT2D eigenvalue weighted by molar-refractivity contribution is 9.10. The van der Waals surface area contributed by atoms with E-state index in [1.54, 1.807) is 22.8 Å². The molecule has 9 nitrogen and oxygen atoms in total. The Morgan fingerprint density at radius 2 is 2.03 bits per heavy atom. The molecule has 1 aliphatic heterocycles. The number of hydrogen-bond acceptors (Lipinski definition) is 6. The van der Waals surface area contributed by atoms with Gasteiger partial charge >= 0.3 is 5.69 Å². The van der Waals surface area contributed by atoms with E-state index < -0.39 is 6.10 Å². The Hall–Kier alpha value is -2.89. The Bertz CT molecular complexity index is 1270. The van der Waals surface area contributed by atoms with Gasteiger partial charge in [0.15, 0.2) is 0 Å². The minimum Gasteiger partial charge on any atom is -0.495 e. The first kappa shape index (κ1) is 25.2. The van der Waals surface area contributed by atoms with E-state index in [1.807, 2.05) is 0 Å². The molecule has 1 saturated heterocycles. The first-order valence-electron chi connectivity index (χ1n) is 11.3. The predicted octanol–water partition coefficient (Wildman–Crippen LogP) is 3.28. The Balaban J connectivity index is 1.34. The van der Waals surface area contributed by atoms with Crippen LogP contribution in [-0.4, -0.2) is 64.9 Å². The number of β-amino-alcohol motifs (C(OH)–C–C–N with tert-alkyl or cyclic N) is 1. The smallest absolute Gasteiger partial charge is 0.326 e. The molecule has 11 heteroatoms. The van der Waals surface area contributed by atoms with E-state index in [2.05, 4.69) is 31.1 Å². The van der Waals surface area contributed by atoms with Gasteiger partial charge in [0.05, 0.1) is 28.3 Å². The topological polar surface area (TPSA) is 109 Å². The van der Waals surface area contributed by atoms with E-state index in [9.17, 15) is 19.1 Å². The monoisotopic (exact) mass is 550 g/mol. The molecule has 0 unspecified atom stereocenters. The third-order valence-corrected chi connectivity index (χ3v) is 6.69. The number of fused-ring (bicyclic) bond motifs is 1. The Morgan fingerprint density at radius 1 is 1.29 bits per heavy atom. The maximum atomic E-state index is 13.5. The number of benzene rings is 2. The molecule has 1 amide bonds. The van der Waals surface area contributed by atoms with Crippen LogP contribution in [0.3, 0.4) is 0 Å². The van der Waals surface area contributed by atoms with Crippen molar-refractivity contribution in [2.75, 3.05) is 38.7 Å². The number of nitrogens with zero attached hydrogens (tertiary/aromatic N) is 2. The Kier molecular flexibility index (Phi) is 7.78. The number of ether oxygens (including phenoxy) is 2. The summed E-state index contributed by atoms with van der Waals surface area (Å²) in [5.41, 5.74) is 1.43. The summed E-state index contributed by atoms with van der Waals surface area (Å²) in [6, 6.07) is 7.66. The molecule has 1 atom stereocenters. The lowest BCUT2D eigenvalue weighted by Crippen LogP contribution is -2.42. The largest absolute Gasteiger partial charge is 0.495 e. The molecule has 3 aromatic rings. The normalized spacial score (nSPS) is 15.8. The fourth-order valence-electron chi connectivity index (χ4n) is 4.46. The Morgan fingerprint density at radius 3 is 2.71 bits per heavy atom. The van der Waals surface area contributed by atoms with Gasteiger partial charge in [-0.05, 0) is 53.0 Å². The number of imidazole rings is 1. The average molecular weight is 551 g/mol. The molecular formula is C24H28BrFN4O5. The van der Waals surface area contributed by atoms with Gasteiger partial charge in [-0.3, -0.25) is 9.36 Å². The first-order valence-corrected chi connectivity index (χ1v) is 12.1. The molecular weight excluding hydrogens is 523 g/mol. The summed E-state index contributed by atoms with van der Waals surface area (Å²) in [4.78, 5) is 28.9. The quantitative estimate of drug-likeness (QED) is 0.397. The molecule has 188 valence electrons. The zero-order valence-corrected chi connectivity index (χ0v) is 21.1. The minimum atomic E-state index is -0.759. The van der Waals surface area contributed by atoms with Crippen LogP contribution in [0.25, 0.3) is 11.0 Å². The number of rotatable bonds is 8. The lowest BCUT2D eigenvalue weighted by molar-refractivity contribution is -0.114. The van der Waals surface area contributed by atoms with Gasteiger partial charge in [-0.2, -0.15) is 0 Å². The van der Waals surface area contributed by atoms with Gasteiger partial charge in [0, 0.05) is 38.7 Å². The van der Waals surface area contributed by atoms with Crippen molar-refractivity contribution in [3.63, 3.8) is 0 Å². The van der Waals surface area contributed by atoms with E-state index in [1.165, 1.54) is 26.2 Å². The SMILES string of the molecule is COc1cc(OC[C@H](O)CN2CCC(n3c(=O)[nH]c4cc(F)ccc43)CC2)c(NC(C)=O)cc1Br. The van der Waals surface area contributed by atoms with Gasteiger partial charge in [0.25, 0.3) is 0 Å². The fraction of sp³-hybridized carbons (Fsp3) is 0.417. The van der Waals surface area contributed by atoms with Crippen molar-refractivity contribution in [1.82, 2.24) is 14.5 Å². The van der Waals surface area contributed by atoms with Gasteiger partial charge in [0.2, 0.25) is 5.91 Å². The van der Waals surface area contributed by atoms with E-state index in [0.717, 1.165) is 12.8 Å². The van der Waals surface area contributed by atoms with Crippen molar-refractivity contribution < 1.29 is 23.8 Å². The fourth-order valence-corrected chi connectivity index (χ4v) is 4.97. The van der Waals surface area contributed by atoms with E-state index in [4.69, 9.17) is 9.47 Å².